The van der Waals surface area contributed by atoms with Crippen LogP contribution in [0.5, 0.6) is 0 Å². The summed E-state index contributed by atoms with van der Waals surface area (Å²) in [6.07, 6.45) is -3.93. The minimum atomic E-state index is -4.73. The van der Waals surface area contributed by atoms with Gasteiger partial charge in [0.1, 0.15) is 0 Å². The van der Waals surface area contributed by atoms with E-state index >= 15 is 0 Å². The highest BCUT2D eigenvalue weighted by Crippen LogP contribution is 2.34. The van der Waals surface area contributed by atoms with Gasteiger partial charge < -0.3 is 4.74 Å². The smallest absolute Gasteiger partial charge is 0.433 e. The number of carbonyl (C=O) groups is 2. The van der Waals surface area contributed by atoms with Crippen molar-refractivity contribution in [2.24, 2.45) is 0 Å². The predicted octanol–water partition coefficient (Wildman–Crippen LogP) is 3.30. The van der Waals surface area contributed by atoms with Gasteiger partial charge >= 0.3 is 12.1 Å². The van der Waals surface area contributed by atoms with Gasteiger partial charge in [-0.15, -0.1) is 11.3 Å². The van der Waals surface area contributed by atoms with Gasteiger partial charge in [0.2, 0.25) is 0 Å². The third-order valence-corrected chi connectivity index (χ3v) is 4.01. The normalized spacial score (nSPS) is 11.7. The maximum absolute atomic E-state index is 13.3. The first-order valence-electron chi connectivity index (χ1n) is 7.69. The first-order chi connectivity index (χ1) is 12.1. The SMILES string of the molecule is CCOC(=O)Cc1csc(NC(=O)c2cnn(C(C)C)c2C(F)(F)F)n1. The molecule has 0 aromatic carbocycles. The van der Waals surface area contributed by atoms with Crippen LogP contribution in [0, 0.1) is 0 Å². The molecule has 0 aliphatic carbocycles. The summed E-state index contributed by atoms with van der Waals surface area (Å²) in [5, 5.41) is 7.58. The maximum atomic E-state index is 13.3. The van der Waals surface area contributed by atoms with Crippen LogP contribution in [-0.4, -0.2) is 33.2 Å². The molecule has 2 aromatic rings. The Balaban J connectivity index is 2.19. The Kier molecular flexibility index (Phi) is 6.01. The molecule has 0 atom stereocenters. The van der Waals surface area contributed by atoms with Gasteiger partial charge in [-0.2, -0.15) is 18.3 Å². The minimum absolute atomic E-state index is 0.0831. The van der Waals surface area contributed by atoms with Crippen LogP contribution in [0.25, 0.3) is 0 Å². The molecule has 1 N–H and O–H groups in total. The van der Waals surface area contributed by atoms with E-state index in [0.29, 0.717) is 5.69 Å². The van der Waals surface area contributed by atoms with E-state index in [1.165, 1.54) is 19.2 Å². The summed E-state index contributed by atoms with van der Waals surface area (Å²) in [4.78, 5) is 27.7. The number of esters is 1. The minimum Gasteiger partial charge on any atom is -0.466 e. The van der Waals surface area contributed by atoms with Gasteiger partial charge in [-0.3, -0.25) is 19.6 Å². The largest absolute Gasteiger partial charge is 0.466 e. The summed E-state index contributed by atoms with van der Waals surface area (Å²) >= 11 is 1.000. The maximum Gasteiger partial charge on any atom is 0.433 e. The molecule has 2 rings (SSSR count). The number of ether oxygens (including phenoxy) is 1. The van der Waals surface area contributed by atoms with Crippen molar-refractivity contribution in [3.05, 3.63) is 28.5 Å². The van der Waals surface area contributed by atoms with Gasteiger partial charge in [0.25, 0.3) is 5.91 Å². The number of nitrogens with one attached hydrogen (secondary N) is 1. The second-order valence-corrected chi connectivity index (χ2v) is 6.38. The lowest BCUT2D eigenvalue weighted by Gasteiger charge is -2.14. The lowest BCUT2D eigenvalue weighted by Crippen LogP contribution is -2.22. The first-order valence-corrected chi connectivity index (χ1v) is 8.57. The molecule has 142 valence electrons. The molecule has 0 aliphatic rings. The summed E-state index contributed by atoms with van der Waals surface area (Å²) in [5.74, 6) is -1.45. The zero-order valence-electron chi connectivity index (χ0n) is 14.3. The molecular weight excluding hydrogens is 373 g/mol. The van der Waals surface area contributed by atoms with Crippen molar-refractivity contribution in [2.45, 2.75) is 39.4 Å². The highest BCUT2D eigenvalue weighted by Gasteiger charge is 2.40. The first kappa shape index (κ1) is 19.9. The van der Waals surface area contributed by atoms with Crippen LogP contribution in [0.4, 0.5) is 18.3 Å². The van der Waals surface area contributed by atoms with Crippen molar-refractivity contribution >= 4 is 28.3 Å². The van der Waals surface area contributed by atoms with Crippen LogP contribution in [0.1, 0.15) is 48.6 Å². The number of hydrogen-bond donors (Lipinski definition) is 1. The van der Waals surface area contributed by atoms with E-state index in [-0.39, 0.29) is 18.2 Å². The van der Waals surface area contributed by atoms with Gasteiger partial charge in [0, 0.05) is 11.4 Å². The fourth-order valence-corrected chi connectivity index (χ4v) is 2.88. The van der Waals surface area contributed by atoms with E-state index in [1.54, 1.807) is 6.92 Å². The summed E-state index contributed by atoms with van der Waals surface area (Å²) in [7, 11) is 0. The second kappa shape index (κ2) is 7.85. The molecular formula is C15H17F3N4O3S. The topological polar surface area (TPSA) is 86.1 Å². The molecule has 26 heavy (non-hydrogen) atoms. The molecule has 0 bridgehead atoms. The Labute approximate surface area is 151 Å². The lowest BCUT2D eigenvalue weighted by atomic mass is 10.2. The monoisotopic (exact) mass is 390 g/mol. The van der Waals surface area contributed by atoms with E-state index in [4.69, 9.17) is 4.74 Å². The fraction of sp³-hybridized carbons (Fsp3) is 0.467. The number of rotatable bonds is 6. The molecule has 0 radical (unpaired) electrons. The Bertz CT molecular complexity index is 798. The van der Waals surface area contributed by atoms with Crippen molar-refractivity contribution in [1.82, 2.24) is 14.8 Å². The van der Waals surface area contributed by atoms with Gasteiger partial charge in [0.15, 0.2) is 10.8 Å². The zero-order chi connectivity index (χ0) is 19.5. The van der Waals surface area contributed by atoms with Crippen molar-refractivity contribution in [3.63, 3.8) is 0 Å². The number of alkyl halides is 3. The Morgan fingerprint density at radius 1 is 1.38 bits per heavy atom. The molecule has 0 spiro atoms. The Hall–Kier alpha value is -2.43. The Morgan fingerprint density at radius 3 is 2.65 bits per heavy atom. The third kappa shape index (κ3) is 4.59. The molecule has 11 heteroatoms. The van der Waals surface area contributed by atoms with E-state index in [9.17, 15) is 22.8 Å². The number of halogens is 3. The molecule has 2 heterocycles. The second-order valence-electron chi connectivity index (χ2n) is 5.52. The van der Waals surface area contributed by atoms with E-state index in [1.807, 2.05) is 0 Å². The van der Waals surface area contributed by atoms with Crippen LogP contribution in [0.15, 0.2) is 11.6 Å². The van der Waals surface area contributed by atoms with E-state index < -0.39 is 35.4 Å². The van der Waals surface area contributed by atoms with Crippen LogP contribution in [0.3, 0.4) is 0 Å². The van der Waals surface area contributed by atoms with Crippen molar-refractivity contribution in [1.29, 1.82) is 0 Å². The predicted molar refractivity (Wildman–Crippen MR) is 88.0 cm³/mol. The van der Waals surface area contributed by atoms with Crippen molar-refractivity contribution in [2.75, 3.05) is 11.9 Å². The molecule has 1 amide bonds. The van der Waals surface area contributed by atoms with Gasteiger partial charge in [-0.25, -0.2) is 4.98 Å². The fourth-order valence-electron chi connectivity index (χ4n) is 2.17. The number of aromatic nitrogens is 3. The van der Waals surface area contributed by atoms with Crippen LogP contribution in [-0.2, 0) is 22.1 Å². The summed E-state index contributed by atoms with van der Waals surface area (Å²) in [6, 6.07) is -0.566. The molecule has 0 fully saturated rings. The summed E-state index contributed by atoms with van der Waals surface area (Å²) in [5.41, 5.74) is -1.35. The highest BCUT2D eigenvalue weighted by molar-refractivity contribution is 7.14. The standard InChI is InChI=1S/C15H17F3N4O3S/c1-4-25-11(23)5-9-7-26-14(20-9)21-13(24)10-6-19-22(8(2)3)12(10)15(16,17)18/h6-8H,4-5H2,1-3H3,(H,20,21,24). The molecule has 7 nitrogen and oxygen atoms in total. The third-order valence-electron chi connectivity index (χ3n) is 3.20. The Morgan fingerprint density at radius 2 is 2.08 bits per heavy atom. The van der Waals surface area contributed by atoms with Crippen LogP contribution < -0.4 is 5.32 Å². The average molecular weight is 390 g/mol. The van der Waals surface area contributed by atoms with Crippen molar-refractivity contribution in [3.8, 4) is 0 Å². The van der Waals surface area contributed by atoms with Gasteiger partial charge in [-0.05, 0) is 20.8 Å². The number of thiazole rings is 1. The van der Waals surface area contributed by atoms with Crippen LogP contribution in [0.2, 0.25) is 0 Å². The summed E-state index contributed by atoms with van der Waals surface area (Å²) < 4.78 is 45.5. The molecule has 0 unspecified atom stereocenters. The van der Waals surface area contributed by atoms with Crippen LogP contribution >= 0.6 is 11.3 Å². The highest BCUT2D eigenvalue weighted by atomic mass is 32.1. The molecule has 0 saturated carbocycles. The van der Waals surface area contributed by atoms with E-state index in [2.05, 4.69) is 15.4 Å². The zero-order valence-corrected chi connectivity index (χ0v) is 15.1. The summed E-state index contributed by atoms with van der Waals surface area (Å²) in [6.45, 7) is 4.96. The lowest BCUT2D eigenvalue weighted by molar-refractivity contribution is -0.145. The van der Waals surface area contributed by atoms with Crippen molar-refractivity contribution < 1.29 is 27.5 Å². The van der Waals surface area contributed by atoms with E-state index in [0.717, 1.165) is 22.2 Å². The molecule has 0 saturated heterocycles. The number of hydrogen-bond acceptors (Lipinski definition) is 6. The molecule has 0 aliphatic heterocycles. The van der Waals surface area contributed by atoms with Gasteiger partial charge in [0.05, 0.1) is 30.5 Å². The number of nitrogens with zero attached hydrogens (tertiary/aromatic N) is 3. The number of carbonyl (C=O) groups excluding carboxylic acids is 2. The molecule has 2 aromatic heterocycles. The van der Waals surface area contributed by atoms with Gasteiger partial charge in [-0.1, -0.05) is 0 Å². The average Bonchev–Trinajstić information content (AvgIpc) is 3.13. The quantitative estimate of drug-likeness (QED) is 0.765. The number of anilines is 1. The number of amides is 1.